The highest BCUT2D eigenvalue weighted by atomic mass is 32.2. The van der Waals surface area contributed by atoms with Gasteiger partial charge in [0.25, 0.3) is 5.91 Å². The Morgan fingerprint density at radius 1 is 1.23 bits per heavy atom. The summed E-state index contributed by atoms with van der Waals surface area (Å²) in [6.45, 7) is 2.09. The van der Waals surface area contributed by atoms with Gasteiger partial charge in [0.15, 0.2) is 5.13 Å². The van der Waals surface area contributed by atoms with Crippen LogP contribution in [0, 0.1) is 0 Å². The molecule has 0 saturated carbocycles. The van der Waals surface area contributed by atoms with Crippen LogP contribution in [-0.4, -0.2) is 24.3 Å². The Hall–Kier alpha value is -2.31. The van der Waals surface area contributed by atoms with Gasteiger partial charge < -0.3 is 4.74 Å². The minimum atomic E-state index is -0.217. The fourth-order valence-corrected chi connectivity index (χ4v) is 3.96. The summed E-state index contributed by atoms with van der Waals surface area (Å²) in [6, 6.07) is 15.6. The van der Waals surface area contributed by atoms with E-state index in [-0.39, 0.29) is 5.91 Å². The number of anilines is 1. The Labute approximate surface area is 161 Å². The molecule has 0 radical (unpaired) electrons. The number of hydrogen-bond acceptors (Lipinski definition) is 5. The number of carbonyl (C=O) groups is 1. The zero-order valence-electron chi connectivity index (χ0n) is 14.9. The van der Waals surface area contributed by atoms with E-state index in [0.29, 0.717) is 16.4 Å². The van der Waals surface area contributed by atoms with Crippen LogP contribution in [0.4, 0.5) is 5.13 Å². The molecule has 1 amide bonds. The van der Waals surface area contributed by atoms with Crippen LogP contribution in [0.15, 0.2) is 53.4 Å². The third-order valence-electron chi connectivity index (χ3n) is 3.94. The van der Waals surface area contributed by atoms with Crippen LogP contribution in [0.25, 0.3) is 11.3 Å². The molecule has 0 unspecified atom stereocenters. The fourth-order valence-electron chi connectivity index (χ4n) is 2.62. The summed E-state index contributed by atoms with van der Waals surface area (Å²) in [7, 11) is 1.57. The second-order valence-corrected chi connectivity index (χ2v) is 7.49. The number of nitrogens with zero attached hydrogens (tertiary/aromatic N) is 1. The molecule has 2 aromatic carbocycles. The Balaban J connectivity index is 1.88. The zero-order valence-corrected chi connectivity index (χ0v) is 16.5. The second kappa shape index (κ2) is 8.38. The van der Waals surface area contributed by atoms with Crippen molar-refractivity contribution in [1.82, 2.24) is 4.98 Å². The Kier molecular flexibility index (Phi) is 5.96. The molecule has 134 valence electrons. The van der Waals surface area contributed by atoms with Gasteiger partial charge in [-0.05, 0) is 30.9 Å². The molecule has 0 fully saturated rings. The van der Waals surface area contributed by atoms with E-state index in [1.807, 2.05) is 48.7 Å². The lowest BCUT2D eigenvalue weighted by Gasteiger charge is -2.09. The van der Waals surface area contributed by atoms with Gasteiger partial charge in [-0.1, -0.05) is 37.3 Å². The SMILES string of the molecule is CCc1sc(NC(=O)c2ccc(SC)cc2OC)nc1-c1ccccc1. The fraction of sp³-hybridized carbons (Fsp3) is 0.200. The van der Waals surface area contributed by atoms with E-state index >= 15 is 0 Å². The topological polar surface area (TPSA) is 51.2 Å². The van der Waals surface area contributed by atoms with Crippen LogP contribution < -0.4 is 10.1 Å². The van der Waals surface area contributed by atoms with Crippen molar-refractivity contribution >= 4 is 34.1 Å². The van der Waals surface area contributed by atoms with E-state index in [1.54, 1.807) is 24.9 Å². The average molecular weight is 385 g/mol. The minimum Gasteiger partial charge on any atom is -0.496 e. The first-order valence-corrected chi connectivity index (χ1v) is 10.3. The van der Waals surface area contributed by atoms with E-state index in [1.165, 1.54) is 11.3 Å². The molecule has 1 N–H and O–H groups in total. The lowest BCUT2D eigenvalue weighted by atomic mass is 10.1. The van der Waals surface area contributed by atoms with Crippen LogP contribution in [0.5, 0.6) is 5.75 Å². The summed E-state index contributed by atoms with van der Waals surface area (Å²) in [5.41, 5.74) is 2.49. The quantitative estimate of drug-likeness (QED) is 0.582. The number of ether oxygens (including phenoxy) is 1. The summed E-state index contributed by atoms with van der Waals surface area (Å²) >= 11 is 3.12. The van der Waals surface area contributed by atoms with Gasteiger partial charge in [0.1, 0.15) is 5.75 Å². The average Bonchev–Trinajstić information content (AvgIpc) is 3.10. The monoisotopic (exact) mass is 384 g/mol. The van der Waals surface area contributed by atoms with Gasteiger partial charge in [-0.2, -0.15) is 0 Å². The van der Waals surface area contributed by atoms with Gasteiger partial charge in [0.05, 0.1) is 18.4 Å². The molecule has 3 rings (SSSR count). The zero-order chi connectivity index (χ0) is 18.5. The van der Waals surface area contributed by atoms with E-state index in [9.17, 15) is 4.79 Å². The van der Waals surface area contributed by atoms with Crippen molar-refractivity contribution in [3.63, 3.8) is 0 Å². The molecular formula is C20H20N2O2S2. The van der Waals surface area contributed by atoms with E-state index in [2.05, 4.69) is 17.2 Å². The smallest absolute Gasteiger partial charge is 0.261 e. The van der Waals surface area contributed by atoms with E-state index in [4.69, 9.17) is 4.74 Å². The maximum atomic E-state index is 12.7. The number of benzene rings is 2. The maximum absolute atomic E-state index is 12.7. The molecule has 0 aliphatic carbocycles. The molecule has 0 atom stereocenters. The van der Waals surface area contributed by atoms with E-state index < -0.39 is 0 Å². The lowest BCUT2D eigenvalue weighted by Crippen LogP contribution is -2.13. The summed E-state index contributed by atoms with van der Waals surface area (Å²) < 4.78 is 5.37. The van der Waals surface area contributed by atoms with Gasteiger partial charge in [-0.3, -0.25) is 10.1 Å². The van der Waals surface area contributed by atoms with Crippen molar-refractivity contribution in [3.05, 3.63) is 59.0 Å². The van der Waals surface area contributed by atoms with Crippen molar-refractivity contribution in [2.24, 2.45) is 0 Å². The highest BCUT2D eigenvalue weighted by molar-refractivity contribution is 7.98. The summed E-state index contributed by atoms with van der Waals surface area (Å²) in [5.74, 6) is 0.343. The van der Waals surface area contributed by atoms with Crippen LogP contribution in [-0.2, 0) is 6.42 Å². The Morgan fingerprint density at radius 3 is 2.65 bits per heavy atom. The number of hydrogen-bond donors (Lipinski definition) is 1. The first-order chi connectivity index (χ1) is 12.7. The van der Waals surface area contributed by atoms with Crippen LogP contribution in [0.2, 0.25) is 0 Å². The molecule has 3 aromatic rings. The molecule has 6 heteroatoms. The number of aromatic nitrogens is 1. The Morgan fingerprint density at radius 2 is 2.00 bits per heavy atom. The van der Waals surface area contributed by atoms with Gasteiger partial charge in [0, 0.05) is 15.3 Å². The predicted molar refractivity (Wildman–Crippen MR) is 110 cm³/mol. The third-order valence-corrected chi connectivity index (χ3v) is 5.78. The largest absolute Gasteiger partial charge is 0.496 e. The van der Waals surface area contributed by atoms with Crippen molar-refractivity contribution < 1.29 is 9.53 Å². The maximum Gasteiger partial charge on any atom is 0.261 e. The number of thiazole rings is 1. The van der Waals surface area contributed by atoms with Crippen molar-refractivity contribution in [2.75, 3.05) is 18.7 Å². The van der Waals surface area contributed by atoms with Crippen LogP contribution in [0.3, 0.4) is 0 Å². The molecule has 0 aliphatic heterocycles. The van der Waals surface area contributed by atoms with Gasteiger partial charge >= 0.3 is 0 Å². The van der Waals surface area contributed by atoms with Crippen molar-refractivity contribution in [3.8, 4) is 17.0 Å². The molecule has 0 spiro atoms. The normalized spacial score (nSPS) is 10.6. The summed E-state index contributed by atoms with van der Waals surface area (Å²) in [6.07, 6.45) is 2.85. The molecular weight excluding hydrogens is 364 g/mol. The summed E-state index contributed by atoms with van der Waals surface area (Å²) in [5, 5.41) is 3.52. The number of rotatable bonds is 6. The first-order valence-electron chi connectivity index (χ1n) is 8.24. The number of thioether (sulfide) groups is 1. The lowest BCUT2D eigenvalue weighted by molar-refractivity contribution is 0.102. The minimum absolute atomic E-state index is 0.217. The predicted octanol–water partition coefficient (Wildman–Crippen LogP) is 5.36. The van der Waals surface area contributed by atoms with Gasteiger partial charge in [0.2, 0.25) is 0 Å². The van der Waals surface area contributed by atoms with Crippen molar-refractivity contribution in [1.29, 1.82) is 0 Å². The third kappa shape index (κ3) is 3.92. The van der Waals surface area contributed by atoms with Gasteiger partial charge in [-0.15, -0.1) is 23.1 Å². The number of methoxy groups -OCH3 is 1. The number of nitrogens with one attached hydrogen (secondary N) is 1. The van der Waals surface area contributed by atoms with Crippen molar-refractivity contribution in [2.45, 2.75) is 18.2 Å². The highest BCUT2D eigenvalue weighted by Gasteiger charge is 2.17. The number of aryl methyl sites for hydroxylation is 1. The second-order valence-electron chi connectivity index (χ2n) is 5.53. The molecule has 26 heavy (non-hydrogen) atoms. The molecule has 0 bridgehead atoms. The summed E-state index contributed by atoms with van der Waals surface area (Å²) in [4.78, 5) is 19.6. The Bertz CT molecular complexity index is 907. The molecule has 0 aliphatic rings. The van der Waals surface area contributed by atoms with Crippen LogP contribution in [0.1, 0.15) is 22.2 Å². The molecule has 1 aromatic heterocycles. The molecule has 0 saturated heterocycles. The molecule has 4 nitrogen and oxygen atoms in total. The van der Waals surface area contributed by atoms with Gasteiger partial charge in [-0.25, -0.2) is 4.98 Å². The number of amides is 1. The molecule has 1 heterocycles. The number of carbonyl (C=O) groups excluding carboxylic acids is 1. The first kappa shape index (κ1) is 18.5. The highest BCUT2D eigenvalue weighted by Crippen LogP contribution is 2.32. The van der Waals surface area contributed by atoms with Crippen LogP contribution >= 0.6 is 23.1 Å². The van der Waals surface area contributed by atoms with E-state index in [0.717, 1.165) is 27.5 Å². The standard InChI is InChI=1S/C20H20N2O2S2/c1-4-17-18(13-8-6-5-7-9-13)21-20(26-17)22-19(23)15-11-10-14(25-3)12-16(15)24-2/h5-12H,4H2,1-3H3,(H,21,22,23).